The Morgan fingerprint density at radius 2 is 1.86 bits per heavy atom. The molecular formula is C16H17N3O2. The number of aryl methyl sites for hydroxylation is 2. The van der Waals surface area contributed by atoms with Crippen molar-refractivity contribution in [3.05, 3.63) is 58.9 Å². The molecular weight excluding hydrogens is 266 g/mol. The molecule has 0 atom stereocenters. The van der Waals surface area contributed by atoms with E-state index in [1.165, 1.54) is 0 Å². The number of methoxy groups -OCH3 is 1. The number of hydrogen-bond donors (Lipinski definition) is 1. The van der Waals surface area contributed by atoms with Crippen molar-refractivity contribution < 1.29 is 9.53 Å². The smallest absolute Gasteiger partial charge is 0.271 e. The number of ether oxygens (including phenoxy) is 1. The van der Waals surface area contributed by atoms with Crippen LogP contribution in [0.1, 0.15) is 27.0 Å². The molecule has 108 valence electrons. The molecule has 0 spiro atoms. The lowest BCUT2D eigenvalue weighted by atomic mass is 10.1. The van der Waals surface area contributed by atoms with E-state index in [9.17, 15) is 4.79 Å². The quantitative estimate of drug-likeness (QED) is 0.692. The number of hydrogen-bond acceptors (Lipinski definition) is 4. The zero-order chi connectivity index (χ0) is 15.2. The zero-order valence-electron chi connectivity index (χ0n) is 12.3. The molecule has 1 heterocycles. The Morgan fingerprint density at radius 1 is 1.24 bits per heavy atom. The van der Waals surface area contributed by atoms with Crippen LogP contribution in [0, 0.1) is 13.8 Å². The maximum absolute atomic E-state index is 11.8. The molecule has 2 aromatic rings. The van der Waals surface area contributed by atoms with Crippen molar-refractivity contribution in [1.82, 2.24) is 10.4 Å². The van der Waals surface area contributed by atoms with Crippen LogP contribution in [0.25, 0.3) is 0 Å². The van der Waals surface area contributed by atoms with Gasteiger partial charge in [-0.1, -0.05) is 0 Å². The summed E-state index contributed by atoms with van der Waals surface area (Å²) in [4.78, 5) is 15.7. The number of nitrogens with zero attached hydrogens (tertiary/aromatic N) is 2. The fourth-order valence-corrected chi connectivity index (χ4v) is 2.11. The number of nitrogens with one attached hydrogen (secondary N) is 1. The monoisotopic (exact) mass is 283 g/mol. The first kappa shape index (κ1) is 14.7. The maximum atomic E-state index is 11.8. The van der Waals surface area contributed by atoms with E-state index in [1.54, 1.807) is 37.9 Å². The molecule has 0 aliphatic carbocycles. The van der Waals surface area contributed by atoms with E-state index < -0.39 is 0 Å². The minimum absolute atomic E-state index is 0.268. The summed E-state index contributed by atoms with van der Waals surface area (Å²) in [6, 6.07) is 7.17. The highest BCUT2D eigenvalue weighted by Gasteiger charge is 2.05. The maximum Gasteiger partial charge on any atom is 0.271 e. The van der Waals surface area contributed by atoms with Crippen molar-refractivity contribution in [2.75, 3.05) is 7.11 Å². The number of aromatic nitrogens is 1. The Kier molecular flexibility index (Phi) is 4.66. The van der Waals surface area contributed by atoms with Crippen molar-refractivity contribution in [3.8, 4) is 5.75 Å². The molecule has 0 saturated heterocycles. The van der Waals surface area contributed by atoms with Crippen molar-refractivity contribution in [2.24, 2.45) is 5.10 Å². The number of rotatable bonds is 4. The summed E-state index contributed by atoms with van der Waals surface area (Å²) in [7, 11) is 1.65. The van der Waals surface area contributed by atoms with Gasteiger partial charge in [-0.15, -0.1) is 0 Å². The van der Waals surface area contributed by atoms with Crippen LogP contribution >= 0.6 is 0 Å². The van der Waals surface area contributed by atoms with Gasteiger partial charge in [0.2, 0.25) is 0 Å². The minimum Gasteiger partial charge on any atom is -0.496 e. The summed E-state index contributed by atoms with van der Waals surface area (Å²) in [5.74, 6) is 0.601. The van der Waals surface area contributed by atoms with Crippen LogP contribution in [0.2, 0.25) is 0 Å². The van der Waals surface area contributed by atoms with Crippen molar-refractivity contribution >= 4 is 12.1 Å². The average Bonchev–Trinajstić information content (AvgIpc) is 2.48. The van der Waals surface area contributed by atoms with E-state index in [2.05, 4.69) is 15.5 Å². The van der Waals surface area contributed by atoms with Gasteiger partial charge >= 0.3 is 0 Å². The van der Waals surface area contributed by atoms with Crippen molar-refractivity contribution in [3.63, 3.8) is 0 Å². The second-order valence-electron chi connectivity index (χ2n) is 4.62. The Hall–Kier alpha value is -2.69. The summed E-state index contributed by atoms with van der Waals surface area (Å²) in [5, 5.41) is 3.97. The summed E-state index contributed by atoms with van der Waals surface area (Å²) >= 11 is 0. The lowest BCUT2D eigenvalue weighted by Crippen LogP contribution is -2.17. The molecule has 1 aromatic carbocycles. The van der Waals surface area contributed by atoms with Crippen molar-refractivity contribution in [1.29, 1.82) is 0 Å². The highest BCUT2D eigenvalue weighted by molar-refractivity contribution is 5.94. The molecule has 0 radical (unpaired) electrons. The molecule has 1 aromatic heterocycles. The molecule has 1 N–H and O–H groups in total. The highest BCUT2D eigenvalue weighted by Crippen LogP contribution is 2.23. The Morgan fingerprint density at radius 3 is 2.43 bits per heavy atom. The first-order chi connectivity index (χ1) is 10.1. The number of hydrazone groups is 1. The lowest BCUT2D eigenvalue weighted by molar-refractivity contribution is 0.0955. The molecule has 0 fully saturated rings. The molecule has 0 bridgehead atoms. The first-order valence-corrected chi connectivity index (χ1v) is 6.50. The molecule has 0 aliphatic heterocycles. The fraction of sp³-hybridized carbons (Fsp3) is 0.188. The third kappa shape index (κ3) is 3.66. The minimum atomic E-state index is -0.268. The van der Waals surface area contributed by atoms with Gasteiger partial charge in [0.1, 0.15) is 5.75 Å². The summed E-state index contributed by atoms with van der Waals surface area (Å²) in [5.41, 5.74) is 5.96. The molecule has 0 saturated carbocycles. The number of benzene rings is 1. The van der Waals surface area contributed by atoms with E-state index in [0.717, 1.165) is 22.4 Å². The normalized spacial score (nSPS) is 10.6. The Labute approximate surface area is 123 Å². The standard InChI is InChI=1S/C16H17N3O2/c1-11-8-13(9-12(2)15(11)21-3)10-18-19-16(20)14-4-6-17-7-5-14/h4-10H,1-3H3,(H,19,20)/b18-10+. The number of carbonyl (C=O) groups is 1. The third-order valence-electron chi connectivity index (χ3n) is 3.01. The first-order valence-electron chi connectivity index (χ1n) is 6.50. The van der Waals surface area contributed by atoms with Crippen LogP contribution < -0.4 is 10.2 Å². The second-order valence-corrected chi connectivity index (χ2v) is 4.62. The van der Waals surface area contributed by atoms with Crippen LogP contribution in [0.15, 0.2) is 41.8 Å². The van der Waals surface area contributed by atoms with E-state index >= 15 is 0 Å². The summed E-state index contributed by atoms with van der Waals surface area (Å²) in [6.45, 7) is 3.94. The molecule has 1 amide bonds. The highest BCUT2D eigenvalue weighted by atomic mass is 16.5. The Bertz CT molecular complexity index is 643. The summed E-state index contributed by atoms with van der Waals surface area (Å²) in [6.07, 6.45) is 4.74. The van der Waals surface area contributed by atoms with E-state index in [4.69, 9.17) is 4.74 Å². The lowest BCUT2D eigenvalue weighted by Gasteiger charge is -2.09. The molecule has 21 heavy (non-hydrogen) atoms. The molecule has 5 heteroatoms. The Balaban J connectivity index is 2.07. The topological polar surface area (TPSA) is 63.6 Å². The molecule has 0 aliphatic rings. The van der Waals surface area contributed by atoms with Gasteiger partial charge in [0.25, 0.3) is 5.91 Å². The average molecular weight is 283 g/mol. The van der Waals surface area contributed by atoms with E-state index in [-0.39, 0.29) is 5.91 Å². The van der Waals surface area contributed by atoms with Crippen LogP contribution in [-0.4, -0.2) is 24.2 Å². The van der Waals surface area contributed by atoms with Gasteiger partial charge in [0.05, 0.1) is 13.3 Å². The fourth-order valence-electron chi connectivity index (χ4n) is 2.11. The van der Waals surface area contributed by atoms with Gasteiger partial charge in [0, 0.05) is 18.0 Å². The third-order valence-corrected chi connectivity index (χ3v) is 3.01. The van der Waals surface area contributed by atoms with Crippen LogP contribution in [-0.2, 0) is 0 Å². The van der Waals surface area contributed by atoms with Gasteiger partial charge in [-0.25, -0.2) is 5.43 Å². The van der Waals surface area contributed by atoms with E-state index in [1.807, 2.05) is 26.0 Å². The van der Waals surface area contributed by atoms with Gasteiger partial charge < -0.3 is 4.74 Å². The van der Waals surface area contributed by atoms with Gasteiger partial charge in [-0.3, -0.25) is 9.78 Å². The zero-order valence-corrected chi connectivity index (χ0v) is 12.3. The van der Waals surface area contributed by atoms with Gasteiger partial charge in [-0.05, 0) is 54.8 Å². The second kappa shape index (κ2) is 6.65. The molecule has 5 nitrogen and oxygen atoms in total. The summed E-state index contributed by atoms with van der Waals surface area (Å²) < 4.78 is 5.31. The van der Waals surface area contributed by atoms with Crippen LogP contribution in [0.4, 0.5) is 0 Å². The SMILES string of the molecule is COc1c(C)cc(/C=N/NC(=O)c2ccncc2)cc1C. The number of carbonyl (C=O) groups excluding carboxylic acids is 1. The van der Waals surface area contributed by atoms with E-state index in [0.29, 0.717) is 5.56 Å². The van der Waals surface area contributed by atoms with Crippen LogP contribution in [0.3, 0.4) is 0 Å². The molecule has 0 unspecified atom stereocenters. The predicted molar refractivity (Wildman–Crippen MR) is 81.8 cm³/mol. The largest absolute Gasteiger partial charge is 0.496 e. The van der Waals surface area contributed by atoms with Gasteiger partial charge in [-0.2, -0.15) is 5.10 Å². The predicted octanol–water partition coefficient (Wildman–Crippen LogP) is 2.47. The van der Waals surface area contributed by atoms with Gasteiger partial charge in [0.15, 0.2) is 0 Å². The van der Waals surface area contributed by atoms with Crippen LogP contribution in [0.5, 0.6) is 5.75 Å². The van der Waals surface area contributed by atoms with Crippen molar-refractivity contribution in [2.45, 2.75) is 13.8 Å². The number of amides is 1. The molecule has 2 rings (SSSR count). The number of pyridine rings is 1.